The van der Waals surface area contributed by atoms with E-state index in [1.54, 1.807) is 6.08 Å². The normalized spacial score (nSPS) is 13.3. The van der Waals surface area contributed by atoms with Crippen molar-refractivity contribution in [1.82, 2.24) is 0 Å². The largest absolute Gasteiger partial charge is 0.288 e. The molecule has 0 unspecified atom stereocenters. The highest BCUT2D eigenvalue weighted by atomic mass is 14.7. The van der Waals surface area contributed by atoms with E-state index in [9.17, 15) is 5.26 Å². The predicted molar refractivity (Wildman–Crippen MR) is 218 cm³/mol. The van der Waals surface area contributed by atoms with Gasteiger partial charge in [0.15, 0.2) is 0 Å². The zero-order valence-corrected chi connectivity index (χ0v) is 28.8. The average molecular weight is 663 g/mol. The molecule has 1 aliphatic rings. The lowest BCUT2D eigenvalue weighted by atomic mass is 9.58. The van der Waals surface area contributed by atoms with E-state index in [2.05, 4.69) is 169 Å². The summed E-state index contributed by atoms with van der Waals surface area (Å²) in [6, 6.07) is 59.4. The van der Waals surface area contributed by atoms with Gasteiger partial charge >= 0.3 is 0 Å². The first kappa shape index (κ1) is 31.2. The van der Waals surface area contributed by atoms with Gasteiger partial charge in [0.1, 0.15) is 0 Å². The third-order valence-electron chi connectivity index (χ3n) is 10.7. The zero-order chi connectivity index (χ0) is 35.2. The lowest BCUT2D eigenvalue weighted by Crippen LogP contribution is -2.34. The Labute approximate surface area is 304 Å². The highest BCUT2D eigenvalue weighted by Gasteiger charge is 2.45. The van der Waals surface area contributed by atoms with Crippen LogP contribution < -0.4 is 0 Å². The van der Waals surface area contributed by atoms with Gasteiger partial charge in [0, 0.05) is 12.6 Å². The molecule has 0 fully saturated rings. The van der Waals surface area contributed by atoms with Gasteiger partial charge in [-0.05, 0) is 107 Å². The summed E-state index contributed by atoms with van der Waals surface area (Å²) in [5, 5.41) is 17.3. The minimum Gasteiger partial charge on any atom is -0.288 e. The SMILES string of the molecule is C=C/C=C\C(=NC)c1ccc2ccc(-c3c4ccccc4c4c5c(cccc35)-c3cc(C#N)ccc3C4(c3ccccc3)c3ccccc3)cc2c1. The van der Waals surface area contributed by atoms with Crippen LogP contribution in [0.15, 0.2) is 188 Å². The van der Waals surface area contributed by atoms with E-state index in [-0.39, 0.29) is 0 Å². The van der Waals surface area contributed by atoms with Gasteiger partial charge in [-0.15, -0.1) is 0 Å². The molecule has 0 saturated heterocycles. The quantitative estimate of drug-likeness (QED) is 0.0991. The van der Waals surface area contributed by atoms with Crippen LogP contribution in [-0.4, -0.2) is 12.8 Å². The van der Waals surface area contributed by atoms with E-state index in [0.29, 0.717) is 5.56 Å². The lowest BCUT2D eigenvalue weighted by molar-refractivity contribution is 0.756. The van der Waals surface area contributed by atoms with E-state index in [0.717, 1.165) is 33.4 Å². The minimum absolute atomic E-state index is 0.649. The molecule has 0 amide bonds. The Morgan fingerprint density at radius 1 is 0.654 bits per heavy atom. The fourth-order valence-corrected chi connectivity index (χ4v) is 8.62. The minimum atomic E-state index is -0.649. The average Bonchev–Trinajstić information content (AvgIpc) is 3.21. The maximum atomic E-state index is 10.2. The van der Waals surface area contributed by atoms with Crippen molar-refractivity contribution >= 4 is 38.0 Å². The van der Waals surface area contributed by atoms with Crippen LogP contribution in [0.25, 0.3) is 54.6 Å². The summed E-state index contributed by atoms with van der Waals surface area (Å²) in [6.07, 6.45) is 5.70. The smallest absolute Gasteiger partial charge is 0.0991 e. The van der Waals surface area contributed by atoms with Crippen LogP contribution in [0.4, 0.5) is 0 Å². The van der Waals surface area contributed by atoms with Crippen molar-refractivity contribution in [2.24, 2.45) is 4.99 Å². The van der Waals surface area contributed by atoms with E-state index in [1.807, 2.05) is 25.3 Å². The first-order valence-electron chi connectivity index (χ1n) is 17.6. The second-order valence-corrected chi connectivity index (χ2v) is 13.4. The number of nitrogens with zero attached hydrogens (tertiary/aromatic N) is 2. The molecule has 2 heteroatoms. The Kier molecular flexibility index (Phi) is 7.50. The molecule has 0 spiro atoms. The van der Waals surface area contributed by atoms with E-state index in [1.165, 1.54) is 54.7 Å². The van der Waals surface area contributed by atoms with E-state index >= 15 is 0 Å². The van der Waals surface area contributed by atoms with Crippen molar-refractivity contribution in [3.8, 4) is 28.3 Å². The van der Waals surface area contributed by atoms with Gasteiger partial charge in [0.25, 0.3) is 0 Å². The molecule has 2 nitrogen and oxygen atoms in total. The van der Waals surface area contributed by atoms with Gasteiger partial charge < -0.3 is 0 Å². The van der Waals surface area contributed by atoms with Crippen molar-refractivity contribution in [2.45, 2.75) is 5.41 Å². The Morgan fingerprint density at radius 2 is 1.35 bits per heavy atom. The number of hydrogen-bond donors (Lipinski definition) is 0. The molecule has 0 atom stereocenters. The molecule has 8 aromatic carbocycles. The van der Waals surface area contributed by atoms with E-state index < -0.39 is 5.41 Å². The fraction of sp³-hybridized carbons (Fsp3) is 0.0400. The molecule has 0 N–H and O–H groups in total. The number of fused-ring (bicyclic) bond motifs is 5. The molecule has 9 rings (SSSR count). The number of allylic oxidation sites excluding steroid dienone is 3. The molecule has 52 heavy (non-hydrogen) atoms. The van der Waals surface area contributed by atoms with Gasteiger partial charge in [-0.1, -0.05) is 152 Å². The van der Waals surface area contributed by atoms with Crippen LogP contribution in [0.2, 0.25) is 0 Å². The number of aliphatic imine (C=N–C) groups is 1. The highest BCUT2D eigenvalue weighted by molar-refractivity contribution is 6.22. The van der Waals surface area contributed by atoms with Crippen LogP contribution in [0.1, 0.15) is 33.4 Å². The van der Waals surface area contributed by atoms with Gasteiger partial charge in [-0.25, -0.2) is 0 Å². The first-order chi connectivity index (χ1) is 25.7. The molecule has 0 saturated carbocycles. The lowest BCUT2D eigenvalue weighted by Gasteiger charge is -2.43. The van der Waals surface area contributed by atoms with Crippen LogP contribution in [0.5, 0.6) is 0 Å². The van der Waals surface area contributed by atoms with Gasteiger partial charge in [0.2, 0.25) is 0 Å². The molecule has 8 aromatic rings. The van der Waals surface area contributed by atoms with Crippen molar-refractivity contribution < 1.29 is 0 Å². The highest BCUT2D eigenvalue weighted by Crippen LogP contribution is 2.59. The summed E-state index contributed by atoms with van der Waals surface area (Å²) in [5.74, 6) is 0. The standard InChI is InChI=1S/C50H34N2/c1-3-4-22-46(52-2)35-26-24-34-25-27-36(31-37(34)30-35)47-40-18-11-12-19-42(40)49-48-41(20-13-21-43(47)48)44-29-33(32-51)23-28-45(44)50(49,38-14-7-5-8-15-38)39-16-9-6-10-17-39/h3-31H,1H2,2H3/b22-4-,52-46?. The molecule has 0 aromatic heterocycles. The van der Waals surface area contributed by atoms with Crippen LogP contribution in [0, 0.1) is 11.3 Å². The summed E-state index contributed by atoms with van der Waals surface area (Å²) in [6.45, 7) is 3.84. The number of nitriles is 1. The first-order valence-corrected chi connectivity index (χ1v) is 17.6. The molecular formula is C50H34N2. The number of benzene rings is 8. The van der Waals surface area contributed by atoms with Crippen molar-refractivity contribution in [3.05, 3.63) is 216 Å². The second kappa shape index (κ2) is 12.5. The molecule has 244 valence electrons. The van der Waals surface area contributed by atoms with Gasteiger partial charge in [-0.3, -0.25) is 4.99 Å². The molecular weight excluding hydrogens is 629 g/mol. The van der Waals surface area contributed by atoms with E-state index in [4.69, 9.17) is 0 Å². The Morgan fingerprint density at radius 3 is 2.06 bits per heavy atom. The Hall–Kier alpha value is -6.82. The summed E-state index contributed by atoms with van der Waals surface area (Å²) < 4.78 is 0. The van der Waals surface area contributed by atoms with Crippen LogP contribution in [0.3, 0.4) is 0 Å². The van der Waals surface area contributed by atoms with Crippen molar-refractivity contribution in [2.75, 3.05) is 7.05 Å². The van der Waals surface area contributed by atoms with Crippen molar-refractivity contribution in [3.63, 3.8) is 0 Å². The number of rotatable bonds is 6. The fourth-order valence-electron chi connectivity index (χ4n) is 8.62. The molecule has 0 aliphatic heterocycles. The topological polar surface area (TPSA) is 36.1 Å². The molecule has 1 aliphatic carbocycles. The second-order valence-electron chi connectivity index (χ2n) is 13.4. The third-order valence-corrected chi connectivity index (χ3v) is 10.7. The number of hydrogen-bond acceptors (Lipinski definition) is 2. The summed E-state index contributed by atoms with van der Waals surface area (Å²) in [7, 11) is 1.83. The zero-order valence-electron chi connectivity index (χ0n) is 28.8. The van der Waals surface area contributed by atoms with Crippen LogP contribution in [-0.2, 0) is 5.41 Å². The maximum absolute atomic E-state index is 10.2. The van der Waals surface area contributed by atoms with Crippen molar-refractivity contribution in [1.29, 1.82) is 5.26 Å². The molecule has 0 bridgehead atoms. The molecule has 0 radical (unpaired) electrons. The van der Waals surface area contributed by atoms with Gasteiger partial charge in [-0.2, -0.15) is 5.26 Å². The monoisotopic (exact) mass is 662 g/mol. The summed E-state index contributed by atoms with van der Waals surface area (Å²) in [4.78, 5) is 4.56. The molecule has 0 heterocycles. The predicted octanol–water partition coefficient (Wildman–Crippen LogP) is 12.2. The van der Waals surface area contributed by atoms with Gasteiger partial charge in [0.05, 0.1) is 22.8 Å². The maximum Gasteiger partial charge on any atom is 0.0991 e. The summed E-state index contributed by atoms with van der Waals surface area (Å²) >= 11 is 0. The Balaban J connectivity index is 1.45. The van der Waals surface area contributed by atoms with Crippen LogP contribution >= 0.6 is 0 Å². The summed E-state index contributed by atoms with van der Waals surface area (Å²) in [5.41, 5.74) is 11.4. The third kappa shape index (κ3) is 4.60. The Bertz CT molecular complexity index is 2780.